The lowest BCUT2D eigenvalue weighted by atomic mass is 10.1. The average molecular weight is 308 g/mol. The lowest BCUT2D eigenvalue weighted by Crippen LogP contribution is -2.10. The predicted molar refractivity (Wildman–Crippen MR) is 75.5 cm³/mol. The number of nitrogens with two attached hydrogens (primary N) is 1. The molecule has 0 radical (unpaired) electrons. The van der Waals surface area contributed by atoms with Crippen molar-refractivity contribution in [3.05, 3.63) is 58.6 Å². The van der Waals surface area contributed by atoms with E-state index in [1.807, 2.05) is 36.4 Å². The van der Waals surface area contributed by atoms with Gasteiger partial charge in [-0.2, -0.15) is 0 Å². The van der Waals surface area contributed by atoms with Gasteiger partial charge in [0.1, 0.15) is 18.5 Å². The van der Waals surface area contributed by atoms with Crippen LogP contribution in [0, 0.1) is 0 Å². The fourth-order valence-corrected chi connectivity index (χ4v) is 1.91. The summed E-state index contributed by atoms with van der Waals surface area (Å²) >= 11 is 3.35. The Hall–Kier alpha value is -1.52. The van der Waals surface area contributed by atoms with Crippen molar-refractivity contribution in [1.29, 1.82) is 0 Å². The largest absolute Gasteiger partial charge is 0.488 e. The third-order valence-electron chi connectivity index (χ3n) is 2.56. The Morgan fingerprint density at radius 3 is 2.61 bits per heavy atom. The van der Waals surface area contributed by atoms with Crippen LogP contribution in [0.2, 0.25) is 0 Å². The Morgan fingerprint density at radius 2 is 1.89 bits per heavy atom. The molecule has 0 fully saturated rings. The van der Waals surface area contributed by atoms with E-state index >= 15 is 0 Å². The van der Waals surface area contributed by atoms with E-state index < -0.39 is 6.10 Å². The maximum atomic E-state index is 9.96. The van der Waals surface area contributed by atoms with Crippen molar-refractivity contribution in [2.75, 3.05) is 12.3 Å². The second-order valence-corrected chi connectivity index (χ2v) is 4.84. The van der Waals surface area contributed by atoms with Crippen molar-refractivity contribution in [1.82, 2.24) is 0 Å². The maximum Gasteiger partial charge on any atom is 0.143 e. The van der Waals surface area contributed by atoms with E-state index in [4.69, 9.17) is 10.5 Å². The van der Waals surface area contributed by atoms with Gasteiger partial charge in [0.25, 0.3) is 0 Å². The number of aliphatic hydroxyl groups excluding tert-OH is 1. The molecule has 2 rings (SSSR count). The fraction of sp³-hybridized carbons (Fsp3) is 0.143. The second kappa shape index (κ2) is 5.89. The standard InChI is InChI=1S/C14H14BrNO2/c15-11-6-7-12(16)14(8-11)18-9-13(17)10-4-2-1-3-5-10/h1-8,13,17H,9,16H2. The zero-order valence-corrected chi connectivity index (χ0v) is 11.3. The van der Waals surface area contributed by atoms with Crippen molar-refractivity contribution in [2.24, 2.45) is 0 Å². The molecule has 0 aliphatic rings. The summed E-state index contributed by atoms with van der Waals surface area (Å²) in [6, 6.07) is 14.8. The fourth-order valence-electron chi connectivity index (χ4n) is 1.57. The van der Waals surface area contributed by atoms with Crippen molar-refractivity contribution in [2.45, 2.75) is 6.10 Å². The minimum absolute atomic E-state index is 0.171. The molecule has 2 aromatic carbocycles. The van der Waals surface area contributed by atoms with Gasteiger partial charge in [0.2, 0.25) is 0 Å². The first kappa shape index (κ1) is 12.9. The molecule has 2 aromatic rings. The Labute approximate surface area is 114 Å². The molecule has 0 bridgehead atoms. The van der Waals surface area contributed by atoms with Crippen LogP contribution in [0.3, 0.4) is 0 Å². The van der Waals surface area contributed by atoms with E-state index in [1.54, 1.807) is 12.1 Å². The normalized spacial score (nSPS) is 12.1. The number of hydrogen-bond acceptors (Lipinski definition) is 3. The van der Waals surface area contributed by atoms with Crippen LogP contribution in [-0.2, 0) is 0 Å². The molecule has 3 N–H and O–H groups in total. The quantitative estimate of drug-likeness (QED) is 0.853. The highest BCUT2D eigenvalue weighted by atomic mass is 79.9. The summed E-state index contributed by atoms with van der Waals surface area (Å²) in [4.78, 5) is 0. The van der Waals surface area contributed by atoms with Crippen molar-refractivity contribution in [3.63, 3.8) is 0 Å². The highest BCUT2D eigenvalue weighted by Gasteiger charge is 2.09. The number of anilines is 1. The molecular formula is C14H14BrNO2. The van der Waals surface area contributed by atoms with Crippen LogP contribution in [0.5, 0.6) is 5.75 Å². The first-order chi connectivity index (χ1) is 8.66. The summed E-state index contributed by atoms with van der Waals surface area (Å²) in [5, 5.41) is 9.96. The molecule has 0 heterocycles. The summed E-state index contributed by atoms with van der Waals surface area (Å²) < 4.78 is 6.42. The molecule has 1 unspecified atom stereocenters. The summed E-state index contributed by atoms with van der Waals surface area (Å²) in [5.74, 6) is 0.569. The van der Waals surface area contributed by atoms with Gasteiger partial charge in [-0.15, -0.1) is 0 Å². The molecule has 3 nitrogen and oxygen atoms in total. The SMILES string of the molecule is Nc1ccc(Br)cc1OCC(O)c1ccccc1. The number of halogens is 1. The lowest BCUT2D eigenvalue weighted by molar-refractivity contribution is 0.108. The number of hydrogen-bond donors (Lipinski definition) is 2. The van der Waals surface area contributed by atoms with Crippen LogP contribution in [-0.4, -0.2) is 11.7 Å². The monoisotopic (exact) mass is 307 g/mol. The van der Waals surface area contributed by atoms with Gasteiger partial charge in [-0.1, -0.05) is 46.3 Å². The third kappa shape index (κ3) is 3.24. The molecule has 18 heavy (non-hydrogen) atoms. The minimum atomic E-state index is -0.662. The van der Waals surface area contributed by atoms with E-state index in [0.717, 1.165) is 10.0 Å². The van der Waals surface area contributed by atoms with E-state index in [2.05, 4.69) is 15.9 Å². The molecule has 4 heteroatoms. The van der Waals surface area contributed by atoms with E-state index in [0.29, 0.717) is 11.4 Å². The Balaban J connectivity index is 2.01. The average Bonchev–Trinajstić information content (AvgIpc) is 2.40. The number of nitrogen functional groups attached to an aromatic ring is 1. The van der Waals surface area contributed by atoms with Crippen LogP contribution < -0.4 is 10.5 Å². The summed E-state index contributed by atoms with van der Waals surface area (Å²) in [7, 11) is 0. The number of ether oxygens (including phenoxy) is 1. The first-order valence-electron chi connectivity index (χ1n) is 5.57. The van der Waals surface area contributed by atoms with Gasteiger partial charge in [0.15, 0.2) is 0 Å². The first-order valence-corrected chi connectivity index (χ1v) is 6.37. The maximum absolute atomic E-state index is 9.96. The van der Waals surface area contributed by atoms with Gasteiger partial charge >= 0.3 is 0 Å². The molecule has 0 aliphatic carbocycles. The topological polar surface area (TPSA) is 55.5 Å². The number of rotatable bonds is 4. The Morgan fingerprint density at radius 1 is 1.17 bits per heavy atom. The smallest absolute Gasteiger partial charge is 0.143 e. The summed E-state index contributed by atoms with van der Waals surface area (Å²) in [6.45, 7) is 0.171. The lowest BCUT2D eigenvalue weighted by Gasteiger charge is -2.14. The van der Waals surface area contributed by atoms with Crippen molar-refractivity contribution < 1.29 is 9.84 Å². The predicted octanol–water partition coefficient (Wildman–Crippen LogP) is 3.14. The number of benzene rings is 2. The summed E-state index contributed by atoms with van der Waals surface area (Å²) in [6.07, 6.45) is -0.662. The van der Waals surface area contributed by atoms with Crippen LogP contribution >= 0.6 is 15.9 Å². The Bertz CT molecular complexity index is 516. The highest BCUT2D eigenvalue weighted by molar-refractivity contribution is 9.10. The zero-order valence-electron chi connectivity index (χ0n) is 9.71. The molecule has 0 saturated heterocycles. The zero-order chi connectivity index (χ0) is 13.0. The van der Waals surface area contributed by atoms with Crippen LogP contribution in [0.1, 0.15) is 11.7 Å². The molecule has 0 spiro atoms. The van der Waals surface area contributed by atoms with Gasteiger partial charge in [0, 0.05) is 4.47 Å². The van der Waals surface area contributed by atoms with E-state index in [1.165, 1.54) is 0 Å². The van der Waals surface area contributed by atoms with Gasteiger partial charge in [-0.05, 0) is 23.8 Å². The van der Waals surface area contributed by atoms with Crippen molar-refractivity contribution in [3.8, 4) is 5.75 Å². The van der Waals surface area contributed by atoms with Crippen LogP contribution in [0.25, 0.3) is 0 Å². The number of aliphatic hydroxyl groups is 1. The van der Waals surface area contributed by atoms with E-state index in [-0.39, 0.29) is 6.61 Å². The molecule has 94 valence electrons. The van der Waals surface area contributed by atoms with Crippen LogP contribution in [0.4, 0.5) is 5.69 Å². The highest BCUT2D eigenvalue weighted by Crippen LogP contribution is 2.26. The molecule has 0 saturated carbocycles. The van der Waals surface area contributed by atoms with E-state index in [9.17, 15) is 5.11 Å². The van der Waals surface area contributed by atoms with Gasteiger partial charge in [-0.3, -0.25) is 0 Å². The molecule has 0 aromatic heterocycles. The molecule has 0 amide bonds. The Kier molecular flexibility index (Phi) is 4.23. The van der Waals surface area contributed by atoms with Crippen molar-refractivity contribution >= 4 is 21.6 Å². The van der Waals surface area contributed by atoms with Crippen LogP contribution in [0.15, 0.2) is 53.0 Å². The molecule has 1 atom stereocenters. The summed E-state index contributed by atoms with van der Waals surface area (Å²) in [5.41, 5.74) is 7.17. The minimum Gasteiger partial charge on any atom is -0.488 e. The second-order valence-electron chi connectivity index (χ2n) is 3.92. The van der Waals surface area contributed by atoms with Gasteiger partial charge in [0.05, 0.1) is 5.69 Å². The van der Waals surface area contributed by atoms with Gasteiger partial charge < -0.3 is 15.6 Å². The molecule has 0 aliphatic heterocycles. The van der Waals surface area contributed by atoms with Gasteiger partial charge in [-0.25, -0.2) is 0 Å². The third-order valence-corrected chi connectivity index (χ3v) is 3.05. The molecular weight excluding hydrogens is 294 g/mol.